The minimum Gasteiger partial charge on any atom is -0.508 e. The van der Waals surface area contributed by atoms with Crippen LogP contribution in [-0.2, 0) is 10.4 Å². The fourth-order valence-electron chi connectivity index (χ4n) is 6.34. The van der Waals surface area contributed by atoms with Crippen LogP contribution < -0.4 is 15.0 Å². The van der Waals surface area contributed by atoms with E-state index in [2.05, 4.69) is 104 Å². The van der Waals surface area contributed by atoms with Gasteiger partial charge in [0.05, 0.1) is 24.1 Å². The van der Waals surface area contributed by atoms with E-state index in [1.807, 2.05) is 36.0 Å². The van der Waals surface area contributed by atoms with Crippen molar-refractivity contribution in [2.75, 3.05) is 58.6 Å². The fourth-order valence-corrected chi connectivity index (χ4v) is 7.43. The molecule has 1 amide bonds. The van der Waals surface area contributed by atoms with E-state index in [1.165, 1.54) is 46.6 Å². The van der Waals surface area contributed by atoms with Crippen LogP contribution >= 0.6 is 11.8 Å². The molecule has 0 saturated heterocycles. The molecule has 1 saturated carbocycles. The number of fused-ring (bicyclic) bond motifs is 2. The summed E-state index contributed by atoms with van der Waals surface area (Å²) in [4.78, 5) is 20.1. The topological polar surface area (TPSA) is 88.5 Å². The van der Waals surface area contributed by atoms with Crippen LogP contribution in [0.3, 0.4) is 0 Å². The quantitative estimate of drug-likeness (QED) is 0.159. The number of phenols is 1. The molecule has 0 aromatic heterocycles. The molecule has 4 aromatic rings. The number of aliphatic hydroxyl groups is 1. The van der Waals surface area contributed by atoms with Crippen LogP contribution in [0.1, 0.15) is 45.1 Å². The van der Waals surface area contributed by atoms with Gasteiger partial charge in [-0.05, 0) is 114 Å². The average molecular weight is 699 g/mol. The monoisotopic (exact) mass is 698 g/mol. The number of carbonyl (C=O) groups is 1. The Labute approximate surface area is 303 Å². The van der Waals surface area contributed by atoms with Crippen LogP contribution in [0, 0.1) is 5.92 Å². The molecule has 268 valence electrons. The number of methoxy groups -OCH3 is 1. The molecule has 3 N–H and O–H groups in total. The van der Waals surface area contributed by atoms with Crippen LogP contribution in [0.15, 0.2) is 107 Å². The van der Waals surface area contributed by atoms with Crippen molar-refractivity contribution in [3.8, 4) is 11.5 Å². The van der Waals surface area contributed by atoms with Crippen molar-refractivity contribution in [2.45, 2.75) is 61.0 Å². The zero-order chi connectivity index (χ0) is 36.3. The molecule has 1 heterocycles. The first-order valence-electron chi connectivity index (χ1n) is 17.3. The SMILES string of the molecule is CC(=O)Nc1ccc(O)cc1.CC(CN1c2ccccc2Sc2ccccc21)N(C)C.COc1cccc([C@@]2(O)CCCC[C@@H]2CN(C)C)c1. The Morgan fingerprint density at radius 3 is 2.12 bits per heavy atom. The van der Waals surface area contributed by atoms with Gasteiger partial charge in [-0.1, -0.05) is 61.0 Å². The van der Waals surface area contributed by atoms with Gasteiger partial charge < -0.3 is 35.0 Å². The second-order valence-electron chi connectivity index (χ2n) is 13.5. The predicted molar refractivity (Wildman–Crippen MR) is 207 cm³/mol. The summed E-state index contributed by atoms with van der Waals surface area (Å²) < 4.78 is 5.29. The maximum absolute atomic E-state index is 11.2. The highest BCUT2D eigenvalue weighted by atomic mass is 32.2. The van der Waals surface area contributed by atoms with Gasteiger partial charge in [0.2, 0.25) is 5.91 Å². The van der Waals surface area contributed by atoms with Gasteiger partial charge in [-0.2, -0.15) is 0 Å². The van der Waals surface area contributed by atoms with Gasteiger partial charge in [0.25, 0.3) is 0 Å². The zero-order valence-corrected chi connectivity index (χ0v) is 31.4. The van der Waals surface area contributed by atoms with Crippen molar-refractivity contribution in [3.05, 3.63) is 103 Å². The van der Waals surface area contributed by atoms with Gasteiger partial charge in [-0.15, -0.1) is 0 Å². The second kappa shape index (κ2) is 18.3. The molecule has 9 heteroatoms. The van der Waals surface area contributed by atoms with E-state index >= 15 is 0 Å². The Bertz CT molecular complexity index is 1620. The number of hydrogen-bond acceptors (Lipinski definition) is 8. The van der Waals surface area contributed by atoms with E-state index < -0.39 is 5.60 Å². The Morgan fingerprint density at radius 1 is 0.940 bits per heavy atom. The van der Waals surface area contributed by atoms with Crippen molar-refractivity contribution in [2.24, 2.45) is 5.92 Å². The van der Waals surface area contributed by atoms with Gasteiger partial charge in [0.15, 0.2) is 0 Å². The van der Waals surface area contributed by atoms with Gasteiger partial charge in [-0.25, -0.2) is 0 Å². The first-order valence-corrected chi connectivity index (χ1v) is 18.1. The zero-order valence-electron chi connectivity index (χ0n) is 30.6. The van der Waals surface area contributed by atoms with Gasteiger partial charge in [-0.3, -0.25) is 4.79 Å². The molecule has 1 fully saturated rings. The van der Waals surface area contributed by atoms with Crippen molar-refractivity contribution in [1.82, 2.24) is 9.80 Å². The van der Waals surface area contributed by atoms with Crippen LogP contribution in [0.5, 0.6) is 11.5 Å². The van der Waals surface area contributed by atoms with E-state index in [0.29, 0.717) is 17.6 Å². The van der Waals surface area contributed by atoms with Crippen LogP contribution in [0.25, 0.3) is 0 Å². The lowest BCUT2D eigenvalue weighted by Gasteiger charge is -2.41. The maximum atomic E-state index is 11.2. The third kappa shape index (κ3) is 10.5. The van der Waals surface area contributed by atoms with Crippen molar-refractivity contribution < 1.29 is 19.7 Å². The molecule has 8 nitrogen and oxygen atoms in total. The standard InChI is InChI=1S/C17H20N2S.C16H25NO2.C8H9NO2/c1-13(18(2)3)12-19-14-8-4-6-10-16(14)20-17-11-7-5-9-15(17)19;1-17(2)12-14-7-4-5-10-16(14,18)13-8-6-9-15(11-13)19-3;1-6(10)9-7-2-4-8(11)5-3-7/h4-11,13H,12H2,1-3H3;6,8-9,11,14,18H,4-5,7,10,12H2,1-3H3;2-5,11H,1H3,(H,9,10)/t;14-,16+;/m.1./s1. The highest BCUT2D eigenvalue weighted by Crippen LogP contribution is 2.48. The summed E-state index contributed by atoms with van der Waals surface area (Å²) in [5, 5.41) is 22.6. The fraction of sp³-hybridized carbons (Fsp3) is 0.390. The highest BCUT2D eigenvalue weighted by Gasteiger charge is 2.40. The summed E-state index contributed by atoms with van der Waals surface area (Å²) >= 11 is 1.87. The molecule has 0 bridgehead atoms. The van der Waals surface area contributed by atoms with Crippen LogP contribution in [0.2, 0.25) is 0 Å². The third-order valence-electron chi connectivity index (χ3n) is 9.24. The summed E-state index contributed by atoms with van der Waals surface area (Å²) in [7, 11) is 10.1. The molecule has 1 unspecified atom stereocenters. The number of nitrogens with zero attached hydrogens (tertiary/aromatic N) is 3. The Hall–Kier alpha value is -4.02. The smallest absolute Gasteiger partial charge is 0.221 e. The summed E-state index contributed by atoms with van der Waals surface area (Å²) in [5.41, 5.74) is 3.63. The van der Waals surface area contributed by atoms with Crippen molar-refractivity contribution >= 4 is 34.7 Å². The number of para-hydroxylation sites is 2. The largest absolute Gasteiger partial charge is 0.508 e. The lowest BCUT2D eigenvalue weighted by molar-refractivity contribution is -0.114. The Morgan fingerprint density at radius 2 is 1.56 bits per heavy atom. The summed E-state index contributed by atoms with van der Waals surface area (Å²) in [5.74, 6) is 1.19. The number of aromatic hydroxyl groups is 1. The number of nitrogens with one attached hydrogen (secondary N) is 1. The van der Waals surface area contributed by atoms with Gasteiger partial charge >= 0.3 is 0 Å². The maximum Gasteiger partial charge on any atom is 0.221 e. The number of hydrogen-bond donors (Lipinski definition) is 3. The summed E-state index contributed by atoms with van der Waals surface area (Å²) in [6.07, 6.45) is 4.24. The Kier molecular flexibility index (Phi) is 14.2. The predicted octanol–water partition coefficient (Wildman–Crippen LogP) is 8.22. The molecule has 0 radical (unpaired) electrons. The summed E-state index contributed by atoms with van der Waals surface area (Å²) in [6.45, 7) is 5.63. The lowest BCUT2D eigenvalue weighted by atomic mass is 9.71. The van der Waals surface area contributed by atoms with Crippen LogP contribution in [0.4, 0.5) is 17.1 Å². The minimum atomic E-state index is -0.711. The lowest BCUT2D eigenvalue weighted by Crippen LogP contribution is -2.43. The van der Waals surface area contributed by atoms with E-state index in [4.69, 9.17) is 9.84 Å². The molecule has 0 spiro atoms. The molecule has 1 aliphatic carbocycles. The first-order chi connectivity index (χ1) is 23.9. The van der Waals surface area contributed by atoms with Gasteiger partial charge in [0, 0.05) is 47.5 Å². The van der Waals surface area contributed by atoms with E-state index in [1.54, 1.807) is 19.2 Å². The number of rotatable bonds is 8. The number of anilines is 3. The number of amides is 1. The second-order valence-corrected chi connectivity index (χ2v) is 14.6. The number of phenolic OH excluding ortho intramolecular Hbond substituents is 1. The number of likely N-dealkylation sites (N-methyl/N-ethyl adjacent to an activating group) is 1. The molecule has 50 heavy (non-hydrogen) atoms. The normalized spacial score (nSPS) is 18.4. The van der Waals surface area contributed by atoms with Crippen molar-refractivity contribution in [1.29, 1.82) is 0 Å². The van der Waals surface area contributed by atoms with E-state index in [0.717, 1.165) is 43.7 Å². The van der Waals surface area contributed by atoms with Gasteiger partial charge in [0.1, 0.15) is 11.5 Å². The molecular formula is C41H54N4O4S. The minimum absolute atomic E-state index is 0.115. The number of benzene rings is 4. The molecular weight excluding hydrogens is 645 g/mol. The number of carbonyl (C=O) groups excluding carboxylic acids is 1. The van der Waals surface area contributed by atoms with Crippen molar-refractivity contribution in [3.63, 3.8) is 0 Å². The molecule has 1 aliphatic heterocycles. The molecule has 6 rings (SSSR count). The van der Waals surface area contributed by atoms with E-state index in [9.17, 15) is 9.90 Å². The molecule has 4 aromatic carbocycles. The van der Waals surface area contributed by atoms with E-state index in [-0.39, 0.29) is 11.7 Å². The Balaban J connectivity index is 0.000000176. The van der Waals surface area contributed by atoms with Crippen LogP contribution in [-0.4, -0.2) is 80.4 Å². The molecule has 2 aliphatic rings. The third-order valence-corrected chi connectivity index (χ3v) is 10.4. The summed E-state index contributed by atoms with van der Waals surface area (Å²) in [6, 6.07) is 32.1. The first kappa shape index (κ1) is 38.8. The highest BCUT2D eigenvalue weighted by molar-refractivity contribution is 7.99. The number of ether oxygens (including phenoxy) is 1. The average Bonchev–Trinajstić information content (AvgIpc) is 3.10. The molecule has 3 atom stereocenters.